The molecule has 1 amide bonds. The van der Waals surface area contributed by atoms with Crippen molar-refractivity contribution in [2.24, 2.45) is 22.9 Å². The van der Waals surface area contributed by atoms with E-state index in [2.05, 4.69) is 18.0 Å². The van der Waals surface area contributed by atoms with Gasteiger partial charge in [-0.25, -0.2) is 4.39 Å². The van der Waals surface area contributed by atoms with Crippen LogP contribution in [0.15, 0.2) is 101 Å². The number of rotatable bonds is 19. The highest BCUT2D eigenvalue weighted by Crippen LogP contribution is 2.63. The molecule has 3 aromatic rings. The molecule has 0 aromatic heterocycles. The van der Waals surface area contributed by atoms with Crippen LogP contribution >= 0.6 is 11.8 Å². The van der Waals surface area contributed by atoms with E-state index in [1.165, 1.54) is 13.0 Å². The Morgan fingerprint density at radius 3 is 2.58 bits per heavy atom. The molecule has 2 heterocycles. The van der Waals surface area contributed by atoms with Gasteiger partial charge in [0, 0.05) is 60.6 Å². The average molecular weight is 829 g/mol. The molecule has 4 aliphatic rings. The fourth-order valence-corrected chi connectivity index (χ4v) is 10.5. The SMILES string of the molecule is C=CCOC12Oc3ccc(OCc4ccccc4F)cc3C3C(CCCCO)C(CCCCO)C=C(C(=NOC4CCCCO4)CC1Sc1ccc(NC(C)=O)cc1)C32. The number of allylic oxidation sites excluding steroid dienone is 1. The zero-order valence-electron chi connectivity index (χ0n) is 33.9. The highest BCUT2D eigenvalue weighted by Gasteiger charge is 2.64. The lowest BCUT2D eigenvalue weighted by molar-refractivity contribution is -0.223. The van der Waals surface area contributed by atoms with E-state index >= 15 is 0 Å². The Labute approximate surface area is 351 Å². The smallest absolute Gasteiger partial charge is 0.231 e. The number of thioether (sulfide) groups is 1. The summed E-state index contributed by atoms with van der Waals surface area (Å²) in [5, 5.41) is 27.3. The highest BCUT2D eigenvalue weighted by atomic mass is 32.2. The highest BCUT2D eigenvalue weighted by molar-refractivity contribution is 8.00. The number of amides is 1. The number of nitrogens with one attached hydrogen (secondary N) is 1. The Morgan fingerprint density at radius 2 is 1.85 bits per heavy atom. The molecule has 3 aromatic carbocycles. The van der Waals surface area contributed by atoms with Gasteiger partial charge in [-0.05, 0) is 104 Å². The van der Waals surface area contributed by atoms with Crippen LogP contribution in [0.3, 0.4) is 0 Å². The van der Waals surface area contributed by atoms with Gasteiger partial charge in [0.05, 0.1) is 30.1 Å². The van der Waals surface area contributed by atoms with Crippen LogP contribution in [0.1, 0.15) is 88.2 Å². The van der Waals surface area contributed by atoms with E-state index in [9.17, 15) is 19.4 Å². The summed E-state index contributed by atoms with van der Waals surface area (Å²) in [5.41, 5.74) is 3.99. The van der Waals surface area contributed by atoms with Crippen LogP contribution in [-0.2, 0) is 25.7 Å². The number of fused-ring (bicyclic) bond motifs is 2. The molecule has 59 heavy (non-hydrogen) atoms. The van der Waals surface area contributed by atoms with Crippen LogP contribution in [0.5, 0.6) is 11.5 Å². The second-order valence-electron chi connectivity index (χ2n) is 15.9. The van der Waals surface area contributed by atoms with E-state index in [0.717, 1.165) is 66.7 Å². The maximum Gasteiger partial charge on any atom is 0.231 e. The first-order chi connectivity index (χ1) is 28.8. The molecule has 7 unspecified atom stereocenters. The Balaban J connectivity index is 1.37. The summed E-state index contributed by atoms with van der Waals surface area (Å²) in [4.78, 5) is 19.0. The fraction of sp³-hybridized carbons (Fsp3) is 0.489. The van der Waals surface area contributed by atoms with Crippen LogP contribution in [0.4, 0.5) is 10.1 Å². The summed E-state index contributed by atoms with van der Waals surface area (Å²) in [7, 11) is 0. The molecule has 0 spiro atoms. The number of hydrogen-bond donors (Lipinski definition) is 3. The topological polar surface area (TPSA) is 128 Å². The summed E-state index contributed by atoms with van der Waals surface area (Å²) >= 11 is 1.64. The number of hydrogen-bond acceptors (Lipinski definition) is 10. The number of ether oxygens (including phenoxy) is 4. The quantitative estimate of drug-likeness (QED) is 0.0616. The van der Waals surface area contributed by atoms with Crippen molar-refractivity contribution < 1.29 is 43.2 Å². The molecule has 7 atom stereocenters. The maximum atomic E-state index is 14.7. The van der Waals surface area contributed by atoms with E-state index in [0.29, 0.717) is 48.6 Å². The first kappa shape index (κ1) is 42.9. The average Bonchev–Trinajstić information content (AvgIpc) is 3.24. The van der Waals surface area contributed by atoms with Crippen LogP contribution < -0.4 is 14.8 Å². The molecule has 0 bridgehead atoms. The van der Waals surface area contributed by atoms with E-state index in [4.69, 9.17) is 28.9 Å². The van der Waals surface area contributed by atoms with Gasteiger partial charge in [0.2, 0.25) is 18.0 Å². The van der Waals surface area contributed by atoms with Crippen molar-refractivity contribution in [2.75, 3.05) is 31.7 Å². The Bertz CT molecular complexity index is 1950. The second-order valence-corrected chi connectivity index (χ2v) is 17.1. The monoisotopic (exact) mass is 828 g/mol. The minimum absolute atomic E-state index is 0.0679. The Morgan fingerprint density at radius 1 is 1.05 bits per heavy atom. The zero-order chi connectivity index (χ0) is 41.2. The summed E-state index contributed by atoms with van der Waals surface area (Å²) in [6.07, 6.45) is 11.6. The third kappa shape index (κ3) is 10.1. The van der Waals surface area contributed by atoms with Crippen molar-refractivity contribution >= 4 is 29.1 Å². The van der Waals surface area contributed by atoms with Crippen LogP contribution in [0, 0.1) is 23.6 Å². The number of aliphatic hydroxyl groups excluding tert-OH is 2. The van der Waals surface area contributed by atoms with Crippen molar-refractivity contribution in [2.45, 2.75) is 106 Å². The molecule has 1 saturated heterocycles. The third-order valence-electron chi connectivity index (χ3n) is 11.8. The van der Waals surface area contributed by atoms with Gasteiger partial charge in [-0.3, -0.25) is 4.79 Å². The molecule has 1 saturated carbocycles. The number of oxime groups is 1. The van der Waals surface area contributed by atoms with Gasteiger partial charge in [-0.2, -0.15) is 0 Å². The number of anilines is 1. The van der Waals surface area contributed by atoms with Gasteiger partial charge < -0.3 is 39.3 Å². The maximum absolute atomic E-state index is 14.7. The number of nitrogens with zero attached hydrogens (tertiary/aromatic N) is 1. The lowest BCUT2D eigenvalue weighted by Crippen LogP contribution is -2.64. The van der Waals surface area contributed by atoms with Gasteiger partial charge in [-0.15, -0.1) is 18.3 Å². The largest absolute Gasteiger partial charge is 0.489 e. The minimum Gasteiger partial charge on any atom is -0.489 e. The molecular weight excluding hydrogens is 772 g/mol. The Kier molecular flexibility index (Phi) is 14.8. The van der Waals surface area contributed by atoms with Gasteiger partial charge in [-0.1, -0.05) is 48.3 Å². The van der Waals surface area contributed by atoms with Crippen molar-refractivity contribution in [3.8, 4) is 11.5 Å². The predicted molar refractivity (Wildman–Crippen MR) is 227 cm³/mol. The van der Waals surface area contributed by atoms with E-state index in [-0.39, 0.29) is 67.1 Å². The van der Waals surface area contributed by atoms with Crippen molar-refractivity contribution in [1.29, 1.82) is 0 Å². The fourth-order valence-electron chi connectivity index (χ4n) is 9.19. The molecule has 2 aliphatic heterocycles. The molecule has 2 fully saturated rings. The van der Waals surface area contributed by atoms with E-state index in [1.807, 2.05) is 42.5 Å². The first-order valence-electron chi connectivity index (χ1n) is 21.1. The normalized spacial score (nSPS) is 26.5. The first-order valence-corrected chi connectivity index (χ1v) is 22.0. The van der Waals surface area contributed by atoms with Gasteiger partial charge in [0.1, 0.15) is 23.9 Å². The third-order valence-corrected chi connectivity index (χ3v) is 13.2. The number of halogens is 1. The molecule has 12 heteroatoms. The number of unbranched alkanes of at least 4 members (excludes halogenated alkanes) is 2. The number of aliphatic hydroxyl groups is 2. The van der Waals surface area contributed by atoms with Crippen LogP contribution in [0.2, 0.25) is 0 Å². The Hall–Kier alpha value is -4.20. The lowest BCUT2D eigenvalue weighted by Gasteiger charge is -2.58. The number of carbonyl (C=O) groups is 1. The summed E-state index contributed by atoms with van der Waals surface area (Å²) in [6, 6.07) is 20.3. The molecule has 316 valence electrons. The second kappa shape index (κ2) is 20.4. The zero-order valence-corrected chi connectivity index (χ0v) is 34.7. The molecule has 7 rings (SSSR count). The van der Waals surface area contributed by atoms with E-state index in [1.54, 1.807) is 36.0 Å². The molecular formula is C47H57FN2O8S. The molecule has 2 aliphatic carbocycles. The summed E-state index contributed by atoms with van der Waals surface area (Å²) in [5.74, 6) is -0.612. The van der Waals surface area contributed by atoms with Gasteiger partial charge >= 0.3 is 0 Å². The molecule has 0 radical (unpaired) electrons. The number of carbonyl (C=O) groups excluding carboxylic acids is 1. The molecule has 10 nitrogen and oxygen atoms in total. The van der Waals surface area contributed by atoms with Crippen molar-refractivity contribution in [3.63, 3.8) is 0 Å². The minimum atomic E-state index is -1.18. The van der Waals surface area contributed by atoms with Crippen LogP contribution in [-0.4, -0.2) is 65.6 Å². The lowest BCUT2D eigenvalue weighted by atomic mass is 9.56. The summed E-state index contributed by atoms with van der Waals surface area (Å²) in [6.45, 7) is 6.68. The van der Waals surface area contributed by atoms with Gasteiger partial charge in [0.25, 0.3) is 0 Å². The van der Waals surface area contributed by atoms with Gasteiger partial charge in [0.15, 0.2) is 0 Å². The molecule has 3 N–H and O–H groups in total. The van der Waals surface area contributed by atoms with Crippen molar-refractivity contribution in [3.05, 3.63) is 108 Å². The van der Waals surface area contributed by atoms with Crippen molar-refractivity contribution in [1.82, 2.24) is 0 Å². The number of benzene rings is 3. The standard InChI is InChI=1S/C47H57FN2O8S/c1-3-25-56-47-43(59-36-20-17-34(18-21-36)49-31(2)53)29-41(50-58-44-16-8-11-26-54-44)38-27-32(12-6-9-23-51)37(14-7-10-24-52)45(46(38)47)39-28-35(19-22-42(39)57-47)55-30-33-13-4-5-15-40(33)48/h3-5,13,15,17-22,27-28,32,37,43-46,51-52H,1,6-12,14,16,23-26,29-30H2,2H3,(H,49,53). The van der Waals surface area contributed by atoms with E-state index < -0.39 is 12.1 Å². The summed E-state index contributed by atoms with van der Waals surface area (Å²) < 4.78 is 41.3. The van der Waals surface area contributed by atoms with Crippen LogP contribution in [0.25, 0.3) is 0 Å². The predicted octanol–water partition coefficient (Wildman–Crippen LogP) is 9.32.